The Balaban J connectivity index is 1.84. The van der Waals surface area contributed by atoms with E-state index in [0.29, 0.717) is 5.56 Å². The number of rotatable bonds is 10. The van der Waals surface area contributed by atoms with Crippen LogP contribution in [0.15, 0.2) is 60.8 Å². The molecule has 0 spiro atoms. The Morgan fingerprint density at radius 2 is 1.50 bits per heavy atom. The number of hydrogen-bond donors (Lipinski definition) is 4. The molecule has 1 heterocycles. The van der Waals surface area contributed by atoms with Gasteiger partial charge in [0.2, 0.25) is 5.91 Å². The van der Waals surface area contributed by atoms with Gasteiger partial charge in [-0.15, -0.1) is 0 Å². The van der Waals surface area contributed by atoms with Crippen LogP contribution in [0.25, 0.3) is 10.9 Å². The van der Waals surface area contributed by atoms with Gasteiger partial charge in [-0.1, -0.05) is 48.5 Å². The van der Waals surface area contributed by atoms with Crippen molar-refractivity contribution in [3.05, 3.63) is 71.9 Å². The molecule has 1 amide bonds. The van der Waals surface area contributed by atoms with Gasteiger partial charge in [0, 0.05) is 23.5 Å². The van der Waals surface area contributed by atoms with E-state index in [9.17, 15) is 14.4 Å². The van der Waals surface area contributed by atoms with Gasteiger partial charge in [-0.2, -0.15) is 0 Å². The van der Waals surface area contributed by atoms with Crippen molar-refractivity contribution in [3.63, 3.8) is 0 Å². The fourth-order valence-corrected chi connectivity index (χ4v) is 3.62. The Labute approximate surface area is 174 Å². The van der Waals surface area contributed by atoms with Crippen LogP contribution in [-0.2, 0) is 20.8 Å². The summed E-state index contributed by atoms with van der Waals surface area (Å²) in [7, 11) is 0. The van der Waals surface area contributed by atoms with E-state index in [0.717, 1.165) is 16.5 Å². The van der Waals surface area contributed by atoms with Crippen molar-refractivity contribution < 1.29 is 14.4 Å². The first-order valence-electron chi connectivity index (χ1n) is 9.85. The number of primary amides is 1. The molecule has 1 unspecified atom stereocenters. The molecule has 0 fully saturated rings. The van der Waals surface area contributed by atoms with Crippen LogP contribution in [0.1, 0.15) is 29.9 Å². The zero-order valence-electron chi connectivity index (χ0n) is 16.6. The Hall–Kier alpha value is -3.29. The van der Waals surface area contributed by atoms with Crippen molar-refractivity contribution in [2.45, 2.75) is 37.3 Å². The van der Waals surface area contributed by atoms with Crippen LogP contribution in [-0.4, -0.2) is 34.5 Å². The molecule has 0 saturated carbocycles. The highest BCUT2D eigenvalue weighted by Crippen LogP contribution is 2.24. The predicted molar refractivity (Wildman–Crippen MR) is 116 cm³/mol. The van der Waals surface area contributed by atoms with Crippen LogP contribution in [0.2, 0.25) is 0 Å². The van der Waals surface area contributed by atoms with Crippen molar-refractivity contribution in [2.75, 3.05) is 0 Å². The molecule has 0 saturated heterocycles. The Kier molecular flexibility index (Phi) is 6.76. The van der Waals surface area contributed by atoms with Gasteiger partial charge in [0.1, 0.15) is 5.92 Å². The first kappa shape index (κ1) is 21.4. The average molecular weight is 406 g/mol. The van der Waals surface area contributed by atoms with E-state index in [1.807, 2.05) is 30.5 Å². The molecule has 156 valence electrons. The number of H-pyrrole nitrogens is 1. The topological polar surface area (TPSA) is 145 Å². The molecule has 0 radical (unpaired) electrons. The summed E-state index contributed by atoms with van der Waals surface area (Å²) in [5.41, 5.74) is 19.8. The van der Waals surface area contributed by atoms with Gasteiger partial charge in [-0.05, 0) is 30.0 Å². The summed E-state index contributed by atoms with van der Waals surface area (Å²) in [5, 5.41) is 0.987. The zero-order valence-corrected chi connectivity index (χ0v) is 16.6. The summed E-state index contributed by atoms with van der Waals surface area (Å²) >= 11 is 0. The lowest BCUT2D eigenvalue weighted by molar-refractivity contribution is -0.130. The van der Waals surface area contributed by atoms with Crippen LogP contribution >= 0.6 is 0 Å². The maximum Gasteiger partial charge on any atom is 0.217 e. The van der Waals surface area contributed by atoms with Crippen LogP contribution < -0.4 is 17.2 Å². The summed E-state index contributed by atoms with van der Waals surface area (Å²) in [6.45, 7) is 0. The van der Waals surface area contributed by atoms with Gasteiger partial charge in [0.15, 0.2) is 11.6 Å². The number of benzene rings is 2. The summed E-state index contributed by atoms with van der Waals surface area (Å²) in [4.78, 5) is 40.6. The molecular formula is C23H26N4O3. The molecule has 0 bridgehead atoms. The van der Waals surface area contributed by atoms with Crippen molar-refractivity contribution in [2.24, 2.45) is 17.2 Å². The van der Waals surface area contributed by atoms with Crippen LogP contribution in [0, 0.1) is 0 Å². The highest BCUT2D eigenvalue weighted by molar-refractivity contribution is 6.11. The van der Waals surface area contributed by atoms with Crippen molar-refractivity contribution in [1.82, 2.24) is 4.98 Å². The number of hydrogen-bond acceptors (Lipinski definition) is 5. The molecule has 7 nitrogen and oxygen atoms in total. The van der Waals surface area contributed by atoms with Gasteiger partial charge >= 0.3 is 0 Å². The number of fused-ring (bicyclic) bond motifs is 1. The maximum atomic E-state index is 13.3. The normalized spacial score (nSPS) is 14.2. The fraction of sp³-hybridized carbons (Fsp3) is 0.261. The number of carbonyl (C=O) groups is 3. The van der Waals surface area contributed by atoms with Crippen molar-refractivity contribution in [3.8, 4) is 0 Å². The highest BCUT2D eigenvalue weighted by Gasteiger charge is 2.35. The van der Waals surface area contributed by atoms with Crippen molar-refractivity contribution >= 4 is 28.4 Å². The second kappa shape index (κ2) is 9.47. The Morgan fingerprint density at radius 1 is 0.867 bits per heavy atom. The summed E-state index contributed by atoms with van der Waals surface area (Å²) in [6, 6.07) is 14.6. The number of nitrogens with one attached hydrogen (secondary N) is 1. The van der Waals surface area contributed by atoms with E-state index in [-0.39, 0.29) is 19.3 Å². The third-order valence-corrected chi connectivity index (χ3v) is 5.25. The molecule has 2 aromatic carbocycles. The Bertz CT molecular complexity index is 1040. The first-order chi connectivity index (χ1) is 14.4. The van der Waals surface area contributed by atoms with E-state index in [1.54, 1.807) is 30.3 Å². The number of ketones is 2. The second-order valence-corrected chi connectivity index (χ2v) is 7.43. The van der Waals surface area contributed by atoms with Crippen LogP contribution in [0.4, 0.5) is 0 Å². The standard InChI is InChI=1S/C23H26N4O3/c24-17(10-11-20(26)28)22(29)21(14-6-2-1-3-7-14)23(30)18(25)12-15-13-27-19-9-5-4-8-16(15)19/h1-9,13,17-18,21,27H,10-12,24-25H2,(H2,26,28)/t17-,18-,21?/m0/s1. The van der Waals surface area contributed by atoms with E-state index in [2.05, 4.69) is 4.98 Å². The van der Waals surface area contributed by atoms with E-state index >= 15 is 0 Å². The minimum absolute atomic E-state index is 0.0238. The molecule has 7 N–H and O–H groups in total. The van der Waals surface area contributed by atoms with Crippen molar-refractivity contribution in [1.29, 1.82) is 0 Å². The number of carbonyl (C=O) groups excluding carboxylic acids is 3. The third-order valence-electron chi connectivity index (χ3n) is 5.25. The number of Topliss-reactive ketones (excluding diaryl/α,β-unsaturated/α-hetero) is 2. The molecule has 0 aliphatic heterocycles. The van der Waals surface area contributed by atoms with Gasteiger partial charge in [-0.3, -0.25) is 14.4 Å². The first-order valence-corrected chi connectivity index (χ1v) is 9.85. The smallest absolute Gasteiger partial charge is 0.217 e. The number of aromatic nitrogens is 1. The molecule has 3 aromatic rings. The minimum Gasteiger partial charge on any atom is -0.370 e. The quantitative estimate of drug-likeness (QED) is 0.377. The van der Waals surface area contributed by atoms with E-state index in [1.165, 1.54) is 0 Å². The molecular weight excluding hydrogens is 380 g/mol. The lowest BCUT2D eigenvalue weighted by Gasteiger charge is -2.22. The van der Waals surface area contributed by atoms with Crippen LogP contribution in [0.5, 0.6) is 0 Å². The zero-order chi connectivity index (χ0) is 21.7. The highest BCUT2D eigenvalue weighted by atomic mass is 16.2. The van der Waals surface area contributed by atoms with Crippen LogP contribution in [0.3, 0.4) is 0 Å². The molecule has 0 aliphatic rings. The lowest BCUT2D eigenvalue weighted by atomic mass is 9.82. The summed E-state index contributed by atoms with van der Waals surface area (Å²) in [5.74, 6) is -2.49. The molecule has 3 atom stereocenters. The molecule has 7 heteroatoms. The van der Waals surface area contributed by atoms with Gasteiger partial charge in [0.25, 0.3) is 0 Å². The molecule has 1 aromatic heterocycles. The monoisotopic (exact) mass is 406 g/mol. The fourth-order valence-electron chi connectivity index (χ4n) is 3.62. The van der Waals surface area contributed by atoms with Gasteiger partial charge < -0.3 is 22.2 Å². The molecule has 30 heavy (non-hydrogen) atoms. The Morgan fingerprint density at radius 3 is 2.20 bits per heavy atom. The van der Waals surface area contributed by atoms with E-state index < -0.39 is 35.5 Å². The summed E-state index contributed by atoms with van der Waals surface area (Å²) in [6.07, 6.45) is 2.18. The number of aromatic amines is 1. The average Bonchev–Trinajstić information content (AvgIpc) is 3.15. The predicted octanol–water partition coefficient (Wildman–Crippen LogP) is 1.55. The minimum atomic E-state index is -1.09. The number of para-hydroxylation sites is 1. The van der Waals surface area contributed by atoms with E-state index in [4.69, 9.17) is 17.2 Å². The maximum absolute atomic E-state index is 13.3. The second-order valence-electron chi connectivity index (χ2n) is 7.43. The molecule has 0 aliphatic carbocycles. The van der Waals surface area contributed by atoms with Gasteiger partial charge in [0.05, 0.1) is 12.1 Å². The largest absolute Gasteiger partial charge is 0.370 e. The third kappa shape index (κ3) is 4.82. The van der Waals surface area contributed by atoms with Gasteiger partial charge in [-0.25, -0.2) is 0 Å². The number of nitrogens with two attached hydrogens (primary N) is 3. The molecule has 3 rings (SSSR count). The number of amides is 1. The SMILES string of the molecule is NC(=O)CC[C@H](N)C(=O)C(C(=O)[C@@H](N)Cc1c[nH]c2ccccc12)c1ccccc1. The lowest BCUT2D eigenvalue weighted by Crippen LogP contribution is -2.44. The summed E-state index contributed by atoms with van der Waals surface area (Å²) < 4.78 is 0.